The van der Waals surface area contributed by atoms with Crippen LogP contribution in [0.4, 0.5) is 0 Å². The van der Waals surface area contributed by atoms with Crippen molar-refractivity contribution in [2.24, 2.45) is 0 Å². The Morgan fingerprint density at radius 2 is 0.736 bits per heavy atom. The molecule has 0 radical (unpaired) electrons. The fraction of sp³-hybridized carbons (Fsp3) is 0. The summed E-state index contributed by atoms with van der Waals surface area (Å²) < 4.78 is 35.8. The van der Waals surface area contributed by atoms with Gasteiger partial charge in [-0.15, -0.1) is 0 Å². The number of pyridine rings is 4. The lowest BCUT2D eigenvalue weighted by Crippen LogP contribution is -2.06. The Bertz CT molecular complexity index is 3030. The van der Waals surface area contributed by atoms with E-state index in [9.17, 15) is 18.6 Å². The van der Waals surface area contributed by atoms with Gasteiger partial charge in [-0.2, -0.15) is 8.42 Å². The van der Waals surface area contributed by atoms with E-state index >= 15 is 0 Å². The minimum Gasteiger partial charge on any atom is -0.508 e. The van der Waals surface area contributed by atoms with Gasteiger partial charge in [-0.3, -0.25) is 4.55 Å². The molecule has 0 atom stereocenters. The molecule has 0 saturated carbocycles. The Morgan fingerprint density at radius 3 is 1.11 bits per heavy atom. The number of phenolic OH excluding ortho intramolecular Hbond substituents is 2. The van der Waals surface area contributed by atoms with Crippen LogP contribution in [0.15, 0.2) is 140 Å². The van der Waals surface area contributed by atoms with Crippen LogP contribution in [0.2, 0.25) is 0 Å². The van der Waals surface area contributed by atoms with Crippen molar-refractivity contribution in [1.82, 2.24) is 19.9 Å². The Hall–Kier alpha value is -6.95. The summed E-state index contributed by atoms with van der Waals surface area (Å²) >= 11 is 0. The van der Waals surface area contributed by atoms with Crippen LogP contribution in [0.25, 0.3) is 88.6 Å². The largest absolute Gasteiger partial charge is 0.508 e. The second kappa shape index (κ2) is 12.4. The molecule has 0 aliphatic carbocycles. The van der Waals surface area contributed by atoms with Gasteiger partial charge in [-0.05, 0) is 91.0 Å². The number of hydrogen-bond acceptors (Lipinski definition) is 9. The lowest BCUT2D eigenvalue weighted by molar-refractivity contribution is 0.387. The van der Waals surface area contributed by atoms with E-state index in [1.807, 2.05) is 91.0 Å². The molecule has 0 saturated heterocycles. The third kappa shape index (κ3) is 6.20. The highest BCUT2D eigenvalue weighted by atomic mass is 32.3. The number of fused-ring (bicyclic) bond motifs is 6. The maximum Gasteiger partial charge on any atom is 0.446 e. The normalized spacial score (nSPS) is 11.8. The molecular weight excluding hydrogens is 689 g/mol. The minimum atomic E-state index is -4.64. The number of aromatic nitrogens is 4. The molecule has 256 valence electrons. The maximum absolute atomic E-state index is 11.1. The molecule has 0 spiro atoms. The van der Waals surface area contributed by atoms with E-state index in [1.165, 1.54) is 12.1 Å². The van der Waals surface area contributed by atoms with Gasteiger partial charge in [0.15, 0.2) is 0 Å². The lowest BCUT2D eigenvalue weighted by atomic mass is 10.0. The monoisotopic (exact) mass is 714 g/mol. The fourth-order valence-corrected chi connectivity index (χ4v) is 6.87. The first-order chi connectivity index (χ1) is 25.6. The molecule has 0 aliphatic rings. The summed E-state index contributed by atoms with van der Waals surface area (Å²) in [5, 5.41) is 24.3. The summed E-state index contributed by atoms with van der Waals surface area (Å²) in [6, 6.07) is 41.9. The van der Waals surface area contributed by atoms with Crippen molar-refractivity contribution >= 4 is 54.0 Å². The fourth-order valence-electron chi connectivity index (χ4n) is 6.52. The highest BCUT2D eigenvalue weighted by molar-refractivity contribution is 7.81. The summed E-state index contributed by atoms with van der Waals surface area (Å²) in [6.45, 7) is 0. The Labute approximate surface area is 302 Å². The van der Waals surface area contributed by atoms with Crippen molar-refractivity contribution in [3.05, 3.63) is 140 Å². The molecule has 10 nitrogen and oxygen atoms in total. The second-order valence-corrected chi connectivity index (χ2v) is 13.6. The lowest BCUT2D eigenvalue weighted by Gasteiger charge is -2.11. The van der Waals surface area contributed by atoms with Crippen LogP contribution >= 0.6 is 0 Å². The van der Waals surface area contributed by atoms with Crippen molar-refractivity contribution < 1.29 is 27.4 Å². The summed E-state index contributed by atoms with van der Waals surface area (Å²) in [4.78, 5) is 20.0. The average molecular weight is 715 g/mol. The number of benzene rings is 5. The average Bonchev–Trinajstić information content (AvgIpc) is 3.16. The molecule has 11 heteroatoms. The van der Waals surface area contributed by atoms with Crippen LogP contribution in [0, 0.1) is 0 Å². The number of aromatic hydroxyl groups is 2. The molecule has 0 aliphatic heterocycles. The molecule has 0 unspecified atom stereocenters. The second-order valence-electron chi connectivity index (χ2n) is 12.6. The Kier molecular flexibility index (Phi) is 7.47. The molecule has 53 heavy (non-hydrogen) atoms. The van der Waals surface area contributed by atoms with Gasteiger partial charge in [0.25, 0.3) is 0 Å². The van der Waals surface area contributed by atoms with Gasteiger partial charge in [0.2, 0.25) is 0 Å². The van der Waals surface area contributed by atoms with Crippen LogP contribution in [0.1, 0.15) is 0 Å². The molecule has 4 aromatic heterocycles. The highest BCUT2D eigenvalue weighted by Crippen LogP contribution is 2.35. The zero-order valence-electron chi connectivity index (χ0n) is 27.5. The zero-order valence-corrected chi connectivity index (χ0v) is 28.4. The van der Waals surface area contributed by atoms with E-state index in [1.54, 1.807) is 36.4 Å². The highest BCUT2D eigenvalue weighted by Gasteiger charge is 2.14. The van der Waals surface area contributed by atoms with Gasteiger partial charge < -0.3 is 14.4 Å². The van der Waals surface area contributed by atoms with Gasteiger partial charge >= 0.3 is 10.4 Å². The Balaban J connectivity index is 1.11. The number of rotatable bonds is 6. The molecule has 4 heterocycles. The van der Waals surface area contributed by atoms with Crippen molar-refractivity contribution in [3.8, 4) is 62.3 Å². The first kappa shape index (κ1) is 32.0. The molecule has 5 aromatic carbocycles. The Morgan fingerprint density at radius 1 is 0.396 bits per heavy atom. The third-order valence-corrected chi connectivity index (χ3v) is 9.47. The van der Waals surface area contributed by atoms with Gasteiger partial charge in [-0.1, -0.05) is 48.5 Å². The first-order valence-electron chi connectivity index (χ1n) is 16.5. The van der Waals surface area contributed by atoms with Gasteiger partial charge in [0.05, 0.1) is 44.8 Å². The summed E-state index contributed by atoms with van der Waals surface area (Å²) in [5.74, 6) is 0.224. The number of hydrogen-bond donors (Lipinski definition) is 3. The SMILES string of the molecule is O=S(=O)(O)Oc1ccc(-c2ccc3ccc4ccc(-c5cc(O)cc(-c6ccc7ccc8ccc(-c9ccc(O)cc9)nc8c7n6)c5)nc4c3n2)cc1. The standard InChI is InChI=1S/C42H26N4O6S/c47-32-13-5-24(6-14-32)35-17-9-26-1-3-28-11-19-37(45-41(28)39(26)43-35)30-21-31(23-33(48)22-30)38-20-12-29-4-2-27-10-18-36(44-40(27)42(29)46-38)25-7-15-34(16-8-25)52-53(49,50)51/h1-23,47-48H,(H,49,50,51). The van der Waals surface area contributed by atoms with Crippen molar-refractivity contribution in [2.45, 2.75) is 0 Å². The first-order valence-corrected chi connectivity index (χ1v) is 17.8. The summed E-state index contributed by atoms with van der Waals surface area (Å²) in [7, 11) is -4.64. The molecule has 0 fully saturated rings. The topological polar surface area (TPSA) is 156 Å². The summed E-state index contributed by atoms with van der Waals surface area (Å²) in [6.07, 6.45) is 0. The molecule has 9 rings (SSSR count). The third-order valence-electron chi connectivity index (χ3n) is 9.06. The number of nitrogens with zero attached hydrogens (tertiary/aromatic N) is 4. The van der Waals surface area contributed by atoms with Gasteiger partial charge in [-0.25, -0.2) is 19.9 Å². The minimum absolute atomic E-state index is 0.0251. The van der Waals surface area contributed by atoms with Crippen molar-refractivity contribution in [2.75, 3.05) is 0 Å². The van der Waals surface area contributed by atoms with Crippen LogP contribution in [0.5, 0.6) is 17.2 Å². The van der Waals surface area contributed by atoms with E-state index in [0.717, 1.165) is 43.8 Å². The van der Waals surface area contributed by atoms with E-state index in [0.29, 0.717) is 44.8 Å². The quantitative estimate of drug-likeness (QED) is 0.112. The predicted octanol–water partition coefficient (Wildman–Crippen LogP) is 9.14. The number of phenols is 2. The van der Waals surface area contributed by atoms with E-state index in [4.69, 9.17) is 24.5 Å². The van der Waals surface area contributed by atoms with Gasteiger partial charge in [0, 0.05) is 43.8 Å². The van der Waals surface area contributed by atoms with Crippen molar-refractivity contribution in [1.29, 1.82) is 0 Å². The molecule has 9 aromatic rings. The van der Waals surface area contributed by atoms with Crippen LogP contribution < -0.4 is 4.18 Å². The van der Waals surface area contributed by atoms with Crippen LogP contribution in [0.3, 0.4) is 0 Å². The summed E-state index contributed by atoms with van der Waals surface area (Å²) in [5.41, 5.74) is 8.47. The van der Waals surface area contributed by atoms with E-state index < -0.39 is 10.4 Å². The molecule has 0 bridgehead atoms. The molecule has 0 amide bonds. The molecule has 3 N–H and O–H groups in total. The zero-order chi connectivity index (χ0) is 36.3. The smallest absolute Gasteiger partial charge is 0.446 e. The predicted molar refractivity (Wildman–Crippen MR) is 205 cm³/mol. The van der Waals surface area contributed by atoms with Gasteiger partial charge in [0.1, 0.15) is 17.2 Å². The van der Waals surface area contributed by atoms with Crippen molar-refractivity contribution in [3.63, 3.8) is 0 Å². The van der Waals surface area contributed by atoms with Crippen LogP contribution in [-0.2, 0) is 10.4 Å². The maximum atomic E-state index is 11.1. The van der Waals surface area contributed by atoms with E-state index in [-0.39, 0.29) is 17.2 Å². The molecular formula is C42H26N4O6S. The van der Waals surface area contributed by atoms with E-state index in [2.05, 4.69) is 4.18 Å². The van der Waals surface area contributed by atoms with Crippen LogP contribution in [-0.4, -0.2) is 43.1 Å².